The maximum atomic E-state index is 12.0. The number of carbonyl (C=O) groups excluding carboxylic acids is 1. The van der Waals surface area contributed by atoms with Gasteiger partial charge in [0.05, 0.1) is 5.69 Å². The van der Waals surface area contributed by atoms with Gasteiger partial charge in [0.15, 0.2) is 0 Å². The van der Waals surface area contributed by atoms with E-state index in [2.05, 4.69) is 22.0 Å². The Morgan fingerprint density at radius 2 is 1.96 bits per heavy atom. The van der Waals surface area contributed by atoms with Crippen molar-refractivity contribution in [2.24, 2.45) is 0 Å². The Balaban J connectivity index is 1.75. The second kappa shape index (κ2) is 6.24. The van der Waals surface area contributed by atoms with Crippen molar-refractivity contribution in [3.05, 3.63) is 17.0 Å². The van der Waals surface area contributed by atoms with Crippen LogP contribution < -0.4 is 0 Å². The zero-order chi connectivity index (χ0) is 16.6. The van der Waals surface area contributed by atoms with Crippen LogP contribution in [-0.4, -0.2) is 71.6 Å². The second-order valence-electron chi connectivity index (χ2n) is 7.22. The molecule has 23 heavy (non-hydrogen) atoms. The van der Waals surface area contributed by atoms with E-state index in [9.17, 15) is 4.79 Å². The summed E-state index contributed by atoms with van der Waals surface area (Å²) in [6.07, 6.45) is 2.65. The molecule has 3 rings (SSSR count). The van der Waals surface area contributed by atoms with Crippen LogP contribution in [0.1, 0.15) is 36.3 Å². The van der Waals surface area contributed by atoms with Gasteiger partial charge in [-0.25, -0.2) is 0 Å². The van der Waals surface area contributed by atoms with Gasteiger partial charge in [-0.15, -0.1) is 0 Å². The summed E-state index contributed by atoms with van der Waals surface area (Å²) >= 11 is 0. The largest absolute Gasteiger partial charge is 0.361 e. The number of aryl methyl sites for hydroxylation is 2. The molecule has 0 saturated carbocycles. The van der Waals surface area contributed by atoms with E-state index in [1.807, 2.05) is 25.8 Å². The Labute approximate surface area is 138 Å². The van der Waals surface area contributed by atoms with E-state index in [-0.39, 0.29) is 11.4 Å². The first-order valence-electron chi connectivity index (χ1n) is 8.50. The Kier molecular flexibility index (Phi) is 4.47. The molecular weight excluding hydrogens is 292 g/mol. The minimum Gasteiger partial charge on any atom is -0.361 e. The highest BCUT2D eigenvalue weighted by molar-refractivity contribution is 5.76. The standard InChI is InChI=1S/C17H28N4O2/c1-13-15(14(2)23-18-13)11-21-10-9-20(4)17(12-21)6-5-16(22)19(3)8-7-17/h5-12H2,1-4H3/t17-/m0/s1. The van der Waals surface area contributed by atoms with Crippen LogP contribution in [0, 0.1) is 13.8 Å². The highest BCUT2D eigenvalue weighted by atomic mass is 16.5. The average molecular weight is 320 g/mol. The van der Waals surface area contributed by atoms with Crippen molar-refractivity contribution in [1.82, 2.24) is 19.9 Å². The van der Waals surface area contributed by atoms with Gasteiger partial charge >= 0.3 is 0 Å². The third kappa shape index (κ3) is 3.15. The minimum absolute atomic E-state index is 0.109. The average Bonchev–Trinajstić information content (AvgIpc) is 2.77. The Bertz CT molecular complexity index is 566. The summed E-state index contributed by atoms with van der Waals surface area (Å²) in [6, 6.07) is 0. The van der Waals surface area contributed by atoms with Crippen molar-refractivity contribution < 1.29 is 9.32 Å². The van der Waals surface area contributed by atoms with Gasteiger partial charge in [-0.2, -0.15) is 0 Å². The van der Waals surface area contributed by atoms with Crippen molar-refractivity contribution in [3.8, 4) is 0 Å². The Morgan fingerprint density at radius 1 is 1.17 bits per heavy atom. The van der Waals surface area contributed by atoms with E-state index in [1.54, 1.807) is 0 Å². The maximum Gasteiger partial charge on any atom is 0.222 e. The molecule has 2 aliphatic heterocycles. The predicted molar refractivity (Wildman–Crippen MR) is 88.1 cm³/mol. The van der Waals surface area contributed by atoms with Gasteiger partial charge in [0.2, 0.25) is 5.91 Å². The van der Waals surface area contributed by atoms with Crippen LogP contribution in [0.15, 0.2) is 4.52 Å². The predicted octanol–water partition coefficient (Wildman–Crippen LogP) is 1.42. The van der Waals surface area contributed by atoms with E-state index >= 15 is 0 Å². The highest BCUT2D eigenvalue weighted by Gasteiger charge is 2.41. The van der Waals surface area contributed by atoms with Gasteiger partial charge in [-0.05, 0) is 33.7 Å². The van der Waals surface area contributed by atoms with Gasteiger partial charge in [0.25, 0.3) is 0 Å². The number of nitrogens with zero attached hydrogens (tertiary/aromatic N) is 4. The quantitative estimate of drug-likeness (QED) is 0.825. The molecule has 128 valence electrons. The van der Waals surface area contributed by atoms with Gasteiger partial charge in [0, 0.05) is 57.3 Å². The van der Waals surface area contributed by atoms with Gasteiger partial charge < -0.3 is 9.42 Å². The fourth-order valence-electron chi connectivity index (χ4n) is 3.93. The van der Waals surface area contributed by atoms with E-state index in [1.165, 1.54) is 5.56 Å². The molecule has 0 aromatic carbocycles. The third-order valence-electron chi connectivity index (χ3n) is 5.78. The normalized spacial score (nSPS) is 27.7. The molecule has 0 N–H and O–H groups in total. The fraction of sp³-hybridized carbons (Fsp3) is 0.765. The molecule has 2 aliphatic rings. The summed E-state index contributed by atoms with van der Waals surface area (Å²) in [5.74, 6) is 1.20. The minimum atomic E-state index is 0.109. The van der Waals surface area contributed by atoms with Crippen molar-refractivity contribution >= 4 is 5.91 Å². The molecular formula is C17H28N4O2. The molecule has 1 aromatic rings. The number of likely N-dealkylation sites (N-methyl/N-ethyl adjacent to an activating group) is 1. The van der Waals surface area contributed by atoms with Crippen molar-refractivity contribution in [2.75, 3.05) is 40.3 Å². The molecule has 2 fully saturated rings. The van der Waals surface area contributed by atoms with Gasteiger partial charge in [-0.3, -0.25) is 14.6 Å². The highest BCUT2D eigenvalue weighted by Crippen LogP contribution is 2.32. The molecule has 0 aliphatic carbocycles. The number of amides is 1. The van der Waals surface area contributed by atoms with E-state index in [4.69, 9.17) is 4.52 Å². The number of rotatable bonds is 2. The lowest BCUT2D eigenvalue weighted by atomic mass is 9.86. The van der Waals surface area contributed by atoms with E-state index < -0.39 is 0 Å². The summed E-state index contributed by atoms with van der Waals surface area (Å²) in [7, 11) is 4.13. The molecule has 2 saturated heterocycles. The molecule has 1 spiro atoms. The zero-order valence-corrected chi connectivity index (χ0v) is 14.8. The molecule has 1 atom stereocenters. The number of hydrogen-bond acceptors (Lipinski definition) is 5. The van der Waals surface area contributed by atoms with Crippen LogP contribution in [0.25, 0.3) is 0 Å². The maximum absolute atomic E-state index is 12.0. The summed E-state index contributed by atoms with van der Waals surface area (Å²) < 4.78 is 5.30. The molecule has 1 amide bonds. The fourth-order valence-corrected chi connectivity index (χ4v) is 3.93. The second-order valence-corrected chi connectivity index (χ2v) is 7.22. The number of hydrogen-bond donors (Lipinski definition) is 0. The van der Waals surface area contributed by atoms with Crippen LogP contribution >= 0.6 is 0 Å². The summed E-state index contributed by atoms with van der Waals surface area (Å²) in [5.41, 5.74) is 2.32. The number of piperazine rings is 1. The molecule has 0 bridgehead atoms. The van der Waals surface area contributed by atoms with Gasteiger partial charge in [0.1, 0.15) is 5.76 Å². The molecule has 6 heteroatoms. The smallest absolute Gasteiger partial charge is 0.222 e. The third-order valence-corrected chi connectivity index (χ3v) is 5.78. The van der Waals surface area contributed by atoms with Crippen molar-refractivity contribution in [3.63, 3.8) is 0 Å². The van der Waals surface area contributed by atoms with E-state index in [0.29, 0.717) is 6.42 Å². The van der Waals surface area contributed by atoms with Crippen LogP contribution in [0.5, 0.6) is 0 Å². The molecule has 0 unspecified atom stereocenters. The molecule has 0 radical (unpaired) electrons. The first kappa shape index (κ1) is 16.5. The van der Waals surface area contributed by atoms with E-state index in [0.717, 1.165) is 57.0 Å². The lowest BCUT2D eigenvalue weighted by Crippen LogP contribution is -2.60. The first-order chi connectivity index (χ1) is 10.9. The zero-order valence-electron chi connectivity index (χ0n) is 14.8. The lowest BCUT2D eigenvalue weighted by Gasteiger charge is -2.49. The Hall–Kier alpha value is -1.40. The monoisotopic (exact) mass is 320 g/mol. The molecule has 1 aromatic heterocycles. The Morgan fingerprint density at radius 3 is 2.65 bits per heavy atom. The molecule has 6 nitrogen and oxygen atoms in total. The number of aromatic nitrogens is 1. The summed E-state index contributed by atoms with van der Waals surface area (Å²) in [5, 5.41) is 4.07. The number of carbonyl (C=O) groups is 1. The summed E-state index contributed by atoms with van der Waals surface area (Å²) in [4.78, 5) is 18.9. The van der Waals surface area contributed by atoms with Gasteiger partial charge in [-0.1, -0.05) is 5.16 Å². The van der Waals surface area contributed by atoms with Crippen LogP contribution in [0.2, 0.25) is 0 Å². The molecule has 3 heterocycles. The van der Waals surface area contributed by atoms with Crippen molar-refractivity contribution in [1.29, 1.82) is 0 Å². The van der Waals surface area contributed by atoms with Crippen LogP contribution in [0.3, 0.4) is 0 Å². The number of likely N-dealkylation sites (tertiary alicyclic amines) is 1. The SMILES string of the molecule is Cc1noc(C)c1CN1CCN(C)[C@]2(CCC(=O)N(C)CC2)C1. The first-order valence-corrected chi connectivity index (χ1v) is 8.50. The lowest BCUT2D eigenvalue weighted by molar-refractivity contribution is -0.129. The van der Waals surface area contributed by atoms with Crippen molar-refractivity contribution in [2.45, 2.75) is 45.2 Å². The summed E-state index contributed by atoms with van der Waals surface area (Å²) in [6.45, 7) is 8.84. The topological polar surface area (TPSA) is 52.8 Å². The van der Waals surface area contributed by atoms with Crippen LogP contribution in [-0.2, 0) is 11.3 Å². The van der Waals surface area contributed by atoms with Crippen LogP contribution in [0.4, 0.5) is 0 Å².